The molecule has 0 saturated carbocycles. The van der Waals surface area contributed by atoms with Crippen LogP contribution in [0.25, 0.3) is 0 Å². The molecule has 1 aromatic heterocycles. The molecule has 2 aromatic rings. The van der Waals surface area contributed by atoms with Gasteiger partial charge in [0.15, 0.2) is 6.10 Å². The van der Waals surface area contributed by atoms with E-state index in [9.17, 15) is 35.5 Å². The maximum absolute atomic E-state index is 14.5. The molecule has 3 rings (SSSR count). The smallest absolute Gasteiger partial charge is 0.425 e. The maximum atomic E-state index is 14.5. The van der Waals surface area contributed by atoms with Crippen molar-refractivity contribution in [1.29, 1.82) is 0 Å². The van der Waals surface area contributed by atoms with E-state index in [4.69, 9.17) is 5.73 Å². The van der Waals surface area contributed by atoms with Crippen LogP contribution in [0.15, 0.2) is 35.6 Å². The highest BCUT2D eigenvalue weighted by Crippen LogP contribution is 2.42. The van der Waals surface area contributed by atoms with Gasteiger partial charge in [0.2, 0.25) is 5.88 Å². The molecule has 2 atom stereocenters. The number of nitrogens with zero attached hydrogens (tertiary/aromatic N) is 3. The highest BCUT2D eigenvalue weighted by molar-refractivity contribution is 6.02. The van der Waals surface area contributed by atoms with Gasteiger partial charge in [-0.3, -0.25) is 4.79 Å². The maximum Gasteiger partial charge on any atom is 0.425 e. The molecule has 0 unspecified atom stereocenters. The minimum Gasteiger partial charge on any atom is -0.452 e. The molecule has 1 aliphatic rings. The average Bonchev–Trinajstić information content (AvgIpc) is 2.74. The van der Waals surface area contributed by atoms with Crippen LogP contribution in [0.2, 0.25) is 0 Å². The molecule has 0 saturated heterocycles. The lowest BCUT2D eigenvalue weighted by Gasteiger charge is -2.36. The first-order chi connectivity index (χ1) is 15.4. The van der Waals surface area contributed by atoms with Gasteiger partial charge in [-0.05, 0) is 18.2 Å². The predicted molar refractivity (Wildman–Crippen MR) is 97.8 cm³/mol. The summed E-state index contributed by atoms with van der Waals surface area (Å²) in [6.07, 6.45) is -6.99. The summed E-state index contributed by atoms with van der Waals surface area (Å²) in [4.78, 5) is 23.0. The molecule has 15 heteroatoms. The lowest BCUT2D eigenvalue weighted by Crippen LogP contribution is -2.48. The van der Waals surface area contributed by atoms with Crippen molar-refractivity contribution >= 4 is 17.6 Å². The van der Waals surface area contributed by atoms with E-state index in [1.165, 1.54) is 0 Å². The third kappa shape index (κ3) is 5.40. The molecule has 0 fully saturated rings. The first-order valence-corrected chi connectivity index (χ1v) is 8.96. The first kappa shape index (κ1) is 24.0. The van der Waals surface area contributed by atoms with Crippen LogP contribution in [-0.2, 0) is 10.3 Å². The van der Waals surface area contributed by atoms with Crippen molar-refractivity contribution in [3.05, 3.63) is 47.7 Å². The number of benzene rings is 1. The molecule has 2 heterocycles. The van der Waals surface area contributed by atoms with Crippen LogP contribution >= 0.6 is 0 Å². The number of amides is 1. The van der Waals surface area contributed by atoms with E-state index in [1.54, 1.807) is 0 Å². The Morgan fingerprint density at radius 3 is 2.61 bits per heavy atom. The number of hydrogen-bond acceptors (Lipinski definition) is 7. The zero-order chi connectivity index (χ0) is 24.4. The predicted octanol–water partition coefficient (Wildman–Crippen LogP) is 3.30. The number of rotatable bonds is 6. The fourth-order valence-corrected chi connectivity index (χ4v) is 3.03. The van der Waals surface area contributed by atoms with Gasteiger partial charge in [-0.15, -0.1) is 0 Å². The van der Waals surface area contributed by atoms with Crippen molar-refractivity contribution in [2.75, 3.05) is 12.0 Å². The van der Waals surface area contributed by atoms with E-state index < -0.39 is 66.7 Å². The quantitative estimate of drug-likeness (QED) is 0.613. The van der Waals surface area contributed by atoms with Gasteiger partial charge in [0.25, 0.3) is 11.9 Å². The van der Waals surface area contributed by atoms with E-state index in [0.717, 1.165) is 30.6 Å². The van der Waals surface area contributed by atoms with E-state index in [1.807, 2.05) is 0 Å². The monoisotopic (exact) mass is 481 g/mol. The summed E-state index contributed by atoms with van der Waals surface area (Å²) in [6, 6.07) is 1.76. The number of aromatic nitrogens is 2. The molecule has 0 aliphatic carbocycles. The topological polar surface area (TPSA) is 112 Å². The molecule has 0 bridgehead atoms. The van der Waals surface area contributed by atoms with Crippen LogP contribution in [0.1, 0.15) is 22.5 Å². The van der Waals surface area contributed by atoms with Crippen molar-refractivity contribution in [3.8, 4) is 5.88 Å². The lowest BCUT2D eigenvalue weighted by molar-refractivity contribution is -0.209. The van der Waals surface area contributed by atoms with Crippen molar-refractivity contribution in [3.63, 3.8) is 0 Å². The number of carbonyl (C=O) groups is 1. The van der Waals surface area contributed by atoms with Crippen molar-refractivity contribution in [2.24, 2.45) is 10.7 Å². The van der Waals surface area contributed by atoms with Crippen LogP contribution in [0.4, 0.5) is 36.4 Å². The van der Waals surface area contributed by atoms with Crippen LogP contribution in [-0.4, -0.2) is 47.5 Å². The number of alkyl halides is 6. The number of nitrogens with one attached hydrogen (secondary N) is 1. The van der Waals surface area contributed by atoms with Gasteiger partial charge in [-0.1, -0.05) is 0 Å². The van der Waals surface area contributed by atoms with Gasteiger partial charge in [0.1, 0.15) is 23.7 Å². The molecule has 0 spiro atoms. The Morgan fingerprint density at radius 2 is 2.03 bits per heavy atom. The second-order valence-electron chi connectivity index (χ2n) is 6.73. The number of anilines is 1. The molecule has 178 valence electrons. The molecule has 8 nitrogen and oxygen atoms in total. The number of ether oxygens (including phenoxy) is 2. The highest BCUT2D eigenvalue weighted by atomic mass is 19.4. The number of carbonyl (C=O) groups excluding carboxylic acids is 1. The van der Waals surface area contributed by atoms with E-state index in [0.29, 0.717) is 0 Å². The summed E-state index contributed by atoms with van der Waals surface area (Å²) in [7, 11) is 0. The summed E-state index contributed by atoms with van der Waals surface area (Å²) in [5, 5.41) is 2.27. The zero-order valence-corrected chi connectivity index (χ0v) is 16.2. The Labute approximate surface area is 180 Å². The summed E-state index contributed by atoms with van der Waals surface area (Å²) >= 11 is 0. The van der Waals surface area contributed by atoms with Crippen LogP contribution in [0.3, 0.4) is 0 Å². The zero-order valence-electron chi connectivity index (χ0n) is 16.2. The summed E-state index contributed by atoms with van der Waals surface area (Å²) in [5.74, 6) is -2.58. The van der Waals surface area contributed by atoms with Gasteiger partial charge in [0.05, 0.1) is 12.4 Å². The van der Waals surface area contributed by atoms with Gasteiger partial charge in [0, 0.05) is 17.7 Å². The molecular weight excluding hydrogens is 467 g/mol. The minimum absolute atomic E-state index is 0.150. The number of amidine groups is 1. The Bertz CT molecular complexity index is 1050. The summed E-state index contributed by atoms with van der Waals surface area (Å²) < 4.78 is 101. The molecule has 3 N–H and O–H groups in total. The third-order valence-electron chi connectivity index (χ3n) is 4.49. The summed E-state index contributed by atoms with van der Waals surface area (Å²) in [5.41, 5.74) is 1.83. The molecular formula is C18H14F7N5O3. The molecule has 1 aliphatic heterocycles. The van der Waals surface area contributed by atoms with Gasteiger partial charge in [-0.25, -0.2) is 23.7 Å². The van der Waals surface area contributed by atoms with Crippen LogP contribution in [0.5, 0.6) is 5.88 Å². The summed E-state index contributed by atoms with van der Waals surface area (Å²) in [6.45, 7) is -4.70. The minimum atomic E-state index is -4.93. The van der Waals surface area contributed by atoms with E-state index in [2.05, 4.69) is 29.8 Å². The second-order valence-corrected chi connectivity index (χ2v) is 6.73. The molecule has 1 aromatic carbocycles. The first-order valence-electron chi connectivity index (χ1n) is 8.96. The van der Waals surface area contributed by atoms with Crippen LogP contribution < -0.4 is 15.8 Å². The second kappa shape index (κ2) is 9.07. The SMILES string of the molecule is NC1=N[C@](CF)(c2cc(NC(=O)c3cnc(OC(F)F)cn3)ccc2F)C[C@@H](C(F)(F)F)O1. The Balaban J connectivity index is 1.88. The number of halogens is 7. The molecule has 0 radical (unpaired) electrons. The Morgan fingerprint density at radius 1 is 1.30 bits per heavy atom. The molecule has 1 amide bonds. The number of nitrogens with two attached hydrogens (primary N) is 1. The highest BCUT2D eigenvalue weighted by Gasteiger charge is 2.52. The van der Waals surface area contributed by atoms with Crippen LogP contribution in [0, 0.1) is 5.82 Å². The van der Waals surface area contributed by atoms with Crippen molar-refractivity contribution < 1.29 is 45.0 Å². The normalized spacial score (nSPS) is 20.7. The third-order valence-corrected chi connectivity index (χ3v) is 4.49. The van der Waals surface area contributed by atoms with Gasteiger partial charge >= 0.3 is 12.8 Å². The largest absolute Gasteiger partial charge is 0.452 e. The van der Waals surface area contributed by atoms with E-state index >= 15 is 0 Å². The fraction of sp³-hybridized carbons (Fsp3) is 0.333. The van der Waals surface area contributed by atoms with Gasteiger partial charge < -0.3 is 20.5 Å². The fourth-order valence-electron chi connectivity index (χ4n) is 3.03. The average molecular weight is 481 g/mol. The lowest BCUT2D eigenvalue weighted by atomic mass is 9.84. The van der Waals surface area contributed by atoms with E-state index in [-0.39, 0.29) is 11.4 Å². The molecule has 33 heavy (non-hydrogen) atoms. The Kier molecular flexibility index (Phi) is 6.60. The number of hydrogen-bond donors (Lipinski definition) is 2. The standard InChI is InChI=1S/C18H14F7N5O3/c19-7-17(4-12(18(23,24)25)32-16(26)30-17)9-3-8(1-2-10(9)20)29-14(31)11-5-28-13(6-27-11)33-15(21)22/h1-3,5-6,12,15H,4,7H2,(H2,26,30)(H,29,31)/t12-,17+/m0/s1. The Hall–Kier alpha value is -3.65. The van der Waals surface area contributed by atoms with Crippen molar-refractivity contribution in [1.82, 2.24) is 9.97 Å². The van der Waals surface area contributed by atoms with Gasteiger partial charge in [-0.2, -0.15) is 22.0 Å². The van der Waals surface area contributed by atoms with Crippen molar-refractivity contribution in [2.45, 2.75) is 30.9 Å². The number of aliphatic imine (C=N–C) groups is 1.